The van der Waals surface area contributed by atoms with Crippen LogP contribution in [-0.4, -0.2) is 17.9 Å². The fourth-order valence-electron chi connectivity index (χ4n) is 1.68. The summed E-state index contributed by atoms with van der Waals surface area (Å²) in [5.41, 5.74) is 1.84. The van der Waals surface area contributed by atoms with Crippen molar-refractivity contribution in [1.82, 2.24) is 4.98 Å². The molecule has 0 aliphatic rings. The van der Waals surface area contributed by atoms with E-state index in [2.05, 4.69) is 9.72 Å². The first-order chi connectivity index (χ1) is 7.63. The highest BCUT2D eigenvalue weighted by atomic mass is 32.2. The van der Waals surface area contributed by atoms with E-state index >= 15 is 0 Å². The lowest BCUT2D eigenvalue weighted by atomic mass is 10.1. The van der Waals surface area contributed by atoms with Crippen LogP contribution in [0.5, 0.6) is 5.75 Å². The number of thioether (sulfide) groups is 1. The molecule has 0 atom stereocenters. The lowest BCUT2D eigenvalue weighted by molar-refractivity contribution is -0.0507. The van der Waals surface area contributed by atoms with E-state index in [0.717, 1.165) is 22.6 Å². The fraction of sp³-hybridized carbons (Fsp3) is 0.545. The normalized spacial score (nSPS) is 10.9. The third-order valence-corrected chi connectivity index (χ3v) is 3.07. The van der Waals surface area contributed by atoms with Gasteiger partial charge in [0.2, 0.25) is 0 Å². The van der Waals surface area contributed by atoms with Crippen molar-refractivity contribution in [1.29, 1.82) is 0 Å². The summed E-state index contributed by atoms with van der Waals surface area (Å²) in [5.74, 6) is 0.201. The molecular weight excluding hydrogens is 232 g/mol. The van der Waals surface area contributed by atoms with Gasteiger partial charge in [0.05, 0.1) is 11.2 Å². The highest BCUT2D eigenvalue weighted by Gasteiger charge is 2.15. The molecular formula is C11H15F2NOS. The van der Waals surface area contributed by atoms with Crippen LogP contribution >= 0.6 is 11.8 Å². The first-order valence-corrected chi connectivity index (χ1v) is 6.36. The fourth-order valence-corrected chi connectivity index (χ4v) is 2.35. The maximum absolute atomic E-state index is 12.2. The van der Waals surface area contributed by atoms with Gasteiger partial charge in [-0.2, -0.15) is 8.78 Å². The molecule has 0 spiro atoms. The van der Waals surface area contributed by atoms with E-state index in [1.54, 1.807) is 0 Å². The molecule has 0 N–H and O–H groups in total. The van der Waals surface area contributed by atoms with Gasteiger partial charge in [0.25, 0.3) is 0 Å². The molecule has 0 unspecified atom stereocenters. The summed E-state index contributed by atoms with van der Waals surface area (Å²) >= 11 is 1.52. The quantitative estimate of drug-likeness (QED) is 0.743. The Hall–Kier alpha value is -0.840. The van der Waals surface area contributed by atoms with E-state index in [-0.39, 0.29) is 5.75 Å². The largest absolute Gasteiger partial charge is 0.433 e. The average Bonchev–Trinajstić information content (AvgIpc) is 2.27. The van der Waals surface area contributed by atoms with Gasteiger partial charge in [-0.1, -0.05) is 13.8 Å². The topological polar surface area (TPSA) is 22.1 Å². The molecule has 1 heterocycles. The Morgan fingerprint density at radius 1 is 1.31 bits per heavy atom. The SMILES string of the molecule is CCc1c(OC(F)F)cnc(SC)c1CC. The molecule has 1 rings (SSSR count). The Morgan fingerprint density at radius 3 is 2.38 bits per heavy atom. The molecule has 0 bridgehead atoms. The van der Waals surface area contributed by atoms with Crippen LogP contribution in [0.4, 0.5) is 8.78 Å². The van der Waals surface area contributed by atoms with Crippen LogP contribution in [0, 0.1) is 0 Å². The first-order valence-electron chi connectivity index (χ1n) is 5.13. The summed E-state index contributed by atoms with van der Waals surface area (Å²) in [5, 5.41) is 0.890. The predicted molar refractivity (Wildman–Crippen MR) is 61.4 cm³/mol. The van der Waals surface area contributed by atoms with Gasteiger partial charge in [-0.3, -0.25) is 0 Å². The zero-order valence-corrected chi connectivity index (χ0v) is 10.4. The minimum atomic E-state index is -2.79. The number of hydrogen-bond donors (Lipinski definition) is 0. The third-order valence-electron chi connectivity index (χ3n) is 2.34. The Bertz CT molecular complexity index is 358. The summed E-state index contributed by atoms with van der Waals surface area (Å²) in [6.07, 6.45) is 4.75. The molecule has 0 fully saturated rings. The first kappa shape index (κ1) is 13.2. The molecule has 1 aromatic heterocycles. The number of rotatable bonds is 5. The molecule has 0 saturated carbocycles. The van der Waals surface area contributed by atoms with Crippen LogP contribution in [0.15, 0.2) is 11.2 Å². The lowest BCUT2D eigenvalue weighted by Crippen LogP contribution is -2.07. The van der Waals surface area contributed by atoms with Gasteiger partial charge in [-0.15, -0.1) is 11.8 Å². The molecule has 0 aliphatic heterocycles. The molecule has 0 radical (unpaired) electrons. The highest BCUT2D eigenvalue weighted by molar-refractivity contribution is 7.98. The average molecular weight is 247 g/mol. The monoisotopic (exact) mass is 247 g/mol. The summed E-state index contributed by atoms with van der Waals surface area (Å²) in [6.45, 7) is 1.12. The van der Waals surface area contributed by atoms with Crippen molar-refractivity contribution in [2.75, 3.05) is 6.26 Å². The molecule has 0 amide bonds. The highest BCUT2D eigenvalue weighted by Crippen LogP contribution is 2.30. The molecule has 90 valence electrons. The third kappa shape index (κ3) is 2.84. The smallest absolute Gasteiger partial charge is 0.387 e. The van der Waals surface area contributed by atoms with Crippen molar-refractivity contribution in [3.05, 3.63) is 17.3 Å². The standard InChI is InChI=1S/C11H15F2NOS/c1-4-7-8(5-2)10(16-3)14-6-9(7)15-11(12)13/h6,11H,4-5H2,1-3H3. The zero-order chi connectivity index (χ0) is 12.1. The van der Waals surface area contributed by atoms with Crippen molar-refractivity contribution in [3.63, 3.8) is 0 Å². The second kappa shape index (κ2) is 6.03. The van der Waals surface area contributed by atoms with Gasteiger partial charge in [0.15, 0.2) is 0 Å². The summed E-state index contributed by atoms with van der Waals surface area (Å²) < 4.78 is 28.9. The number of pyridine rings is 1. The molecule has 0 aliphatic carbocycles. The van der Waals surface area contributed by atoms with E-state index in [4.69, 9.17) is 0 Å². The Labute approximate surface area is 98.4 Å². The summed E-state index contributed by atoms with van der Waals surface area (Å²) in [7, 11) is 0. The van der Waals surface area contributed by atoms with Gasteiger partial charge in [-0.05, 0) is 24.7 Å². The van der Waals surface area contributed by atoms with Gasteiger partial charge < -0.3 is 4.74 Å². The maximum atomic E-state index is 12.2. The molecule has 5 heteroatoms. The predicted octanol–water partition coefficient (Wildman–Crippen LogP) is 3.53. The number of alkyl halides is 2. The van der Waals surface area contributed by atoms with Crippen LogP contribution in [0.1, 0.15) is 25.0 Å². The molecule has 2 nitrogen and oxygen atoms in total. The number of aromatic nitrogens is 1. The van der Waals surface area contributed by atoms with Crippen LogP contribution in [-0.2, 0) is 12.8 Å². The van der Waals surface area contributed by atoms with E-state index in [1.807, 2.05) is 20.1 Å². The van der Waals surface area contributed by atoms with Crippen LogP contribution in [0.25, 0.3) is 0 Å². The van der Waals surface area contributed by atoms with Crippen LogP contribution in [0.3, 0.4) is 0 Å². The van der Waals surface area contributed by atoms with Crippen molar-refractivity contribution in [2.45, 2.75) is 38.3 Å². The number of hydrogen-bond acceptors (Lipinski definition) is 3. The number of nitrogens with zero attached hydrogens (tertiary/aromatic N) is 1. The second-order valence-electron chi connectivity index (χ2n) is 3.17. The Kier molecular flexibility index (Phi) is 4.99. The van der Waals surface area contributed by atoms with Crippen LogP contribution in [0.2, 0.25) is 0 Å². The molecule has 1 aromatic rings. The van der Waals surface area contributed by atoms with Gasteiger partial charge in [0, 0.05) is 5.56 Å². The van der Waals surface area contributed by atoms with Crippen molar-refractivity contribution in [3.8, 4) is 5.75 Å². The molecule has 16 heavy (non-hydrogen) atoms. The Balaban J connectivity index is 3.20. The lowest BCUT2D eigenvalue weighted by Gasteiger charge is -2.15. The number of halogens is 2. The molecule has 0 aromatic carbocycles. The Morgan fingerprint density at radius 2 is 1.94 bits per heavy atom. The van der Waals surface area contributed by atoms with Gasteiger partial charge in [0.1, 0.15) is 5.75 Å². The van der Waals surface area contributed by atoms with E-state index in [0.29, 0.717) is 6.42 Å². The summed E-state index contributed by atoms with van der Waals surface area (Å²) in [6, 6.07) is 0. The van der Waals surface area contributed by atoms with Crippen LogP contribution < -0.4 is 4.74 Å². The molecule has 0 saturated heterocycles. The van der Waals surface area contributed by atoms with E-state index in [1.165, 1.54) is 18.0 Å². The van der Waals surface area contributed by atoms with E-state index in [9.17, 15) is 8.78 Å². The minimum Gasteiger partial charge on any atom is -0.433 e. The second-order valence-corrected chi connectivity index (χ2v) is 3.97. The minimum absolute atomic E-state index is 0.201. The summed E-state index contributed by atoms with van der Waals surface area (Å²) in [4.78, 5) is 4.13. The van der Waals surface area contributed by atoms with E-state index < -0.39 is 6.61 Å². The van der Waals surface area contributed by atoms with Gasteiger partial charge in [-0.25, -0.2) is 4.98 Å². The van der Waals surface area contributed by atoms with Gasteiger partial charge >= 0.3 is 6.61 Å². The van der Waals surface area contributed by atoms with Crippen molar-refractivity contribution in [2.24, 2.45) is 0 Å². The number of ether oxygens (including phenoxy) is 1. The maximum Gasteiger partial charge on any atom is 0.387 e. The zero-order valence-electron chi connectivity index (χ0n) is 9.59. The van der Waals surface area contributed by atoms with Crippen molar-refractivity contribution >= 4 is 11.8 Å². The van der Waals surface area contributed by atoms with Crippen molar-refractivity contribution < 1.29 is 13.5 Å².